The molecule has 6 nitrogen and oxygen atoms in total. The Bertz CT molecular complexity index is 704. The number of rotatable bonds is 7. The van der Waals surface area contributed by atoms with Crippen molar-refractivity contribution in [3.63, 3.8) is 0 Å². The number of hydrogen-bond acceptors (Lipinski definition) is 5. The molecule has 2 aromatic rings. The van der Waals surface area contributed by atoms with Crippen LogP contribution in [0.3, 0.4) is 0 Å². The molecule has 0 bridgehead atoms. The fourth-order valence-corrected chi connectivity index (χ4v) is 2.95. The number of aromatic nitrogens is 1. The minimum atomic E-state index is -3.61. The van der Waals surface area contributed by atoms with Crippen LogP contribution in [-0.4, -0.2) is 34.2 Å². The summed E-state index contributed by atoms with van der Waals surface area (Å²) in [4.78, 5) is 3.93. The zero-order valence-corrected chi connectivity index (χ0v) is 13.2. The van der Waals surface area contributed by atoms with Crippen molar-refractivity contribution in [2.45, 2.75) is 11.0 Å². The fourth-order valence-electron chi connectivity index (χ4n) is 1.95. The van der Waals surface area contributed by atoms with Gasteiger partial charge < -0.3 is 9.47 Å². The van der Waals surface area contributed by atoms with E-state index in [2.05, 4.69) is 9.71 Å². The van der Waals surface area contributed by atoms with Gasteiger partial charge in [0.1, 0.15) is 10.6 Å². The van der Waals surface area contributed by atoms with Crippen molar-refractivity contribution in [1.29, 1.82) is 0 Å². The zero-order chi connectivity index (χ0) is 16.0. The van der Waals surface area contributed by atoms with Gasteiger partial charge >= 0.3 is 0 Å². The summed E-state index contributed by atoms with van der Waals surface area (Å²) in [5.41, 5.74) is 0.829. The third-order valence-corrected chi connectivity index (χ3v) is 4.56. The molecule has 0 aliphatic rings. The predicted octanol–water partition coefficient (Wildman–Crippen LogP) is 1.76. The lowest BCUT2D eigenvalue weighted by atomic mass is 10.1. The Morgan fingerprint density at radius 3 is 2.68 bits per heavy atom. The van der Waals surface area contributed by atoms with Crippen molar-refractivity contribution in [3.05, 3.63) is 54.4 Å². The highest BCUT2D eigenvalue weighted by molar-refractivity contribution is 7.89. The van der Waals surface area contributed by atoms with Crippen molar-refractivity contribution in [3.8, 4) is 5.75 Å². The van der Waals surface area contributed by atoms with Crippen molar-refractivity contribution < 1.29 is 17.9 Å². The molecule has 0 spiro atoms. The summed E-state index contributed by atoms with van der Waals surface area (Å²) in [6.07, 6.45) is 2.41. The van der Waals surface area contributed by atoms with Crippen LogP contribution in [0.5, 0.6) is 5.75 Å². The molecule has 1 N–H and O–H groups in total. The maximum absolute atomic E-state index is 12.2. The Kier molecular flexibility index (Phi) is 5.48. The predicted molar refractivity (Wildman–Crippen MR) is 82.2 cm³/mol. The van der Waals surface area contributed by atoms with E-state index in [1.807, 2.05) is 24.3 Å². The Morgan fingerprint density at radius 2 is 2.05 bits per heavy atom. The summed E-state index contributed by atoms with van der Waals surface area (Å²) in [7, 11) is -0.507. The molecule has 22 heavy (non-hydrogen) atoms. The number of pyridine rings is 1. The van der Waals surface area contributed by atoms with Crippen molar-refractivity contribution in [2.75, 3.05) is 20.8 Å². The molecule has 1 aromatic carbocycles. The Labute approximate surface area is 130 Å². The van der Waals surface area contributed by atoms with Crippen LogP contribution in [0.4, 0.5) is 0 Å². The smallest absolute Gasteiger partial charge is 0.242 e. The van der Waals surface area contributed by atoms with Gasteiger partial charge in [-0.2, -0.15) is 0 Å². The monoisotopic (exact) mass is 322 g/mol. The van der Waals surface area contributed by atoms with Gasteiger partial charge in [0.15, 0.2) is 0 Å². The van der Waals surface area contributed by atoms with Crippen LogP contribution < -0.4 is 9.46 Å². The Balaban J connectivity index is 2.11. The van der Waals surface area contributed by atoms with Crippen LogP contribution in [-0.2, 0) is 14.8 Å². The first kappa shape index (κ1) is 16.4. The van der Waals surface area contributed by atoms with Crippen LogP contribution in [0.2, 0.25) is 0 Å². The molecule has 1 atom stereocenters. The number of methoxy groups -OCH3 is 2. The molecule has 0 amide bonds. The number of benzene rings is 1. The average Bonchev–Trinajstić information content (AvgIpc) is 2.56. The highest BCUT2D eigenvalue weighted by Crippen LogP contribution is 2.21. The largest absolute Gasteiger partial charge is 0.497 e. The second kappa shape index (κ2) is 7.35. The molecule has 0 aliphatic heterocycles. The summed E-state index contributed by atoms with van der Waals surface area (Å²) in [5.74, 6) is 0.690. The minimum Gasteiger partial charge on any atom is -0.497 e. The minimum absolute atomic E-state index is 0.112. The molecule has 1 aromatic heterocycles. The first-order valence-electron chi connectivity index (χ1n) is 6.63. The molecular weight excluding hydrogens is 304 g/mol. The molecule has 1 unspecified atom stereocenters. The van der Waals surface area contributed by atoms with Crippen LogP contribution in [0.15, 0.2) is 53.7 Å². The molecular formula is C15H18N2O4S. The number of sulfonamides is 1. The number of nitrogens with one attached hydrogen (secondary N) is 1. The SMILES string of the molecule is COc1cccc(C(CNS(=O)(=O)c2cccnc2)OC)c1. The van der Waals surface area contributed by atoms with Gasteiger partial charge in [0, 0.05) is 26.0 Å². The van der Waals surface area contributed by atoms with E-state index >= 15 is 0 Å². The van der Waals surface area contributed by atoms with Gasteiger partial charge in [0.2, 0.25) is 10.0 Å². The quantitative estimate of drug-likeness (QED) is 0.840. The number of nitrogens with zero attached hydrogens (tertiary/aromatic N) is 1. The van der Waals surface area contributed by atoms with Crippen molar-refractivity contribution in [1.82, 2.24) is 9.71 Å². The molecule has 0 saturated heterocycles. The molecule has 1 heterocycles. The first-order chi connectivity index (χ1) is 10.6. The van der Waals surface area contributed by atoms with Gasteiger partial charge in [-0.3, -0.25) is 4.98 Å². The van der Waals surface area contributed by atoms with Crippen LogP contribution in [0, 0.1) is 0 Å². The van der Waals surface area contributed by atoms with Gasteiger partial charge in [-0.25, -0.2) is 13.1 Å². The topological polar surface area (TPSA) is 77.5 Å². The van der Waals surface area contributed by atoms with Crippen molar-refractivity contribution in [2.24, 2.45) is 0 Å². The molecule has 2 rings (SSSR count). The average molecular weight is 322 g/mol. The second-order valence-corrected chi connectivity index (χ2v) is 6.31. The van der Waals surface area contributed by atoms with E-state index in [-0.39, 0.29) is 11.4 Å². The maximum atomic E-state index is 12.2. The second-order valence-electron chi connectivity index (χ2n) is 4.54. The molecule has 0 aliphatic carbocycles. The van der Waals surface area contributed by atoms with E-state index in [1.165, 1.54) is 25.6 Å². The standard InChI is InChI=1S/C15H18N2O4S/c1-20-13-6-3-5-12(9-13)15(21-2)11-17-22(18,19)14-7-4-8-16-10-14/h3-10,15,17H,11H2,1-2H3. The number of hydrogen-bond donors (Lipinski definition) is 1. The van der Waals surface area contributed by atoms with Crippen molar-refractivity contribution >= 4 is 10.0 Å². The first-order valence-corrected chi connectivity index (χ1v) is 8.11. The molecule has 118 valence electrons. The summed E-state index contributed by atoms with van der Waals surface area (Å²) >= 11 is 0. The number of ether oxygens (including phenoxy) is 2. The maximum Gasteiger partial charge on any atom is 0.242 e. The van der Waals surface area contributed by atoms with Crippen LogP contribution in [0.1, 0.15) is 11.7 Å². The van der Waals surface area contributed by atoms with E-state index < -0.39 is 16.1 Å². The molecule has 0 saturated carbocycles. The normalized spacial score (nSPS) is 12.8. The molecule has 0 fully saturated rings. The highest BCUT2D eigenvalue weighted by Gasteiger charge is 2.18. The van der Waals surface area contributed by atoms with E-state index in [1.54, 1.807) is 13.2 Å². The third-order valence-electron chi connectivity index (χ3n) is 3.15. The van der Waals surface area contributed by atoms with E-state index in [0.717, 1.165) is 5.56 Å². The summed E-state index contributed by atoms with van der Waals surface area (Å²) in [5, 5.41) is 0. The van der Waals surface area contributed by atoms with E-state index in [9.17, 15) is 8.42 Å². The zero-order valence-electron chi connectivity index (χ0n) is 12.4. The molecule has 0 radical (unpaired) electrons. The Morgan fingerprint density at radius 1 is 1.23 bits per heavy atom. The van der Waals surface area contributed by atoms with E-state index in [0.29, 0.717) is 5.75 Å². The van der Waals surface area contributed by atoms with E-state index in [4.69, 9.17) is 9.47 Å². The molecule has 7 heteroatoms. The van der Waals surface area contributed by atoms with Gasteiger partial charge in [0.25, 0.3) is 0 Å². The lowest BCUT2D eigenvalue weighted by Gasteiger charge is -2.17. The lowest BCUT2D eigenvalue weighted by molar-refractivity contribution is 0.107. The summed E-state index contributed by atoms with van der Waals surface area (Å²) in [6.45, 7) is 0.112. The summed E-state index contributed by atoms with van der Waals surface area (Å²) in [6, 6.07) is 10.4. The van der Waals surface area contributed by atoms with Gasteiger partial charge in [-0.05, 0) is 29.8 Å². The Hall–Kier alpha value is -1.96. The third kappa shape index (κ3) is 4.03. The van der Waals surface area contributed by atoms with Gasteiger partial charge in [0.05, 0.1) is 13.2 Å². The van der Waals surface area contributed by atoms with Crippen LogP contribution >= 0.6 is 0 Å². The highest BCUT2D eigenvalue weighted by atomic mass is 32.2. The lowest BCUT2D eigenvalue weighted by Crippen LogP contribution is -2.29. The van der Waals surface area contributed by atoms with Gasteiger partial charge in [-0.1, -0.05) is 12.1 Å². The fraction of sp³-hybridized carbons (Fsp3) is 0.267. The summed E-state index contributed by atoms with van der Waals surface area (Å²) < 4.78 is 37.4. The van der Waals surface area contributed by atoms with Crippen LogP contribution in [0.25, 0.3) is 0 Å². The van der Waals surface area contributed by atoms with Gasteiger partial charge in [-0.15, -0.1) is 0 Å².